The molecule has 156 valence electrons. The molecule has 1 atom stereocenters. The Morgan fingerprint density at radius 3 is 2.60 bits per heavy atom. The Labute approximate surface area is 175 Å². The van der Waals surface area contributed by atoms with Gasteiger partial charge in [0.25, 0.3) is 0 Å². The summed E-state index contributed by atoms with van der Waals surface area (Å²) >= 11 is 0. The van der Waals surface area contributed by atoms with E-state index in [1.165, 1.54) is 23.3 Å². The average Bonchev–Trinajstić information content (AvgIpc) is 3.17. The maximum Gasteiger partial charge on any atom is 0.241 e. The van der Waals surface area contributed by atoms with Crippen LogP contribution in [0.3, 0.4) is 0 Å². The zero-order valence-electron chi connectivity index (χ0n) is 16.7. The van der Waals surface area contributed by atoms with Crippen molar-refractivity contribution in [1.82, 2.24) is 5.32 Å². The number of nitrogens with one attached hydrogen (secondary N) is 1. The topological polar surface area (TPSA) is 91.4 Å². The molecular formula is C23H25FN4O2. The first-order chi connectivity index (χ1) is 14.5. The molecule has 1 amide bonds. The van der Waals surface area contributed by atoms with Gasteiger partial charge >= 0.3 is 0 Å². The van der Waals surface area contributed by atoms with Gasteiger partial charge < -0.3 is 20.7 Å². The van der Waals surface area contributed by atoms with E-state index in [1.807, 2.05) is 6.07 Å². The lowest BCUT2D eigenvalue weighted by molar-refractivity contribution is -0.130. The highest BCUT2D eigenvalue weighted by Gasteiger charge is 2.36. The standard InChI is InChI=1S/C23H25FN4O2/c24-19-3-5-21(6-4-19)28-14-17-2-1-16(11-18(17)15-28)12-20(13-25)27-22(29)23(26)7-9-30-10-8-23/h1-6,11,20H,7-10,12,14-15,26H2,(H,27,29)/t20-/m0/s1. The highest BCUT2D eigenvalue weighted by atomic mass is 19.1. The second kappa shape index (κ2) is 8.42. The zero-order valence-corrected chi connectivity index (χ0v) is 16.7. The normalized spacial score (nSPS) is 18.4. The van der Waals surface area contributed by atoms with E-state index in [1.54, 1.807) is 12.1 Å². The minimum absolute atomic E-state index is 0.248. The van der Waals surface area contributed by atoms with Crippen LogP contribution in [0.2, 0.25) is 0 Å². The molecule has 3 N–H and O–H groups in total. The fourth-order valence-electron chi connectivity index (χ4n) is 4.04. The van der Waals surface area contributed by atoms with E-state index in [0.717, 1.165) is 24.3 Å². The molecule has 1 fully saturated rings. The van der Waals surface area contributed by atoms with Gasteiger partial charge in [-0.1, -0.05) is 18.2 Å². The molecule has 1 saturated heterocycles. The second-order valence-corrected chi connectivity index (χ2v) is 8.06. The van der Waals surface area contributed by atoms with Crippen LogP contribution in [0.25, 0.3) is 0 Å². The van der Waals surface area contributed by atoms with Crippen LogP contribution in [0, 0.1) is 17.1 Å². The third kappa shape index (κ3) is 4.30. The largest absolute Gasteiger partial charge is 0.381 e. The van der Waals surface area contributed by atoms with Crippen LogP contribution < -0.4 is 16.0 Å². The predicted octanol–water partition coefficient (Wildman–Crippen LogP) is 2.40. The summed E-state index contributed by atoms with van der Waals surface area (Å²) in [7, 11) is 0. The maximum atomic E-state index is 13.2. The van der Waals surface area contributed by atoms with Crippen molar-refractivity contribution >= 4 is 11.6 Å². The monoisotopic (exact) mass is 408 g/mol. The molecule has 2 aromatic carbocycles. The molecule has 0 aliphatic carbocycles. The van der Waals surface area contributed by atoms with Gasteiger partial charge in [-0.2, -0.15) is 5.26 Å². The molecule has 0 spiro atoms. The number of fused-ring (bicyclic) bond motifs is 1. The lowest BCUT2D eigenvalue weighted by Crippen LogP contribution is -2.58. The van der Waals surface area contributed by atoms with E-state index in [2.05, 4.69) is 28.4 Å². The molecule has 2 aliphatic heterocycles. The molecule has 4 rings (SSSR count). The molecule has 2 aliphatic rings. The number of hydrogen-bond donors (Lipinski definition) is 2. The molecule has 2 heterocycles. The molecular weight excluding hydrogens is 383 g/mol. The van der Waals surface area contributed by atoms with Crippen LogP contribution in [-0.4, -0.2) is 30.7 Å². The molecule has 0 unspecified atom stereocenters. The van der Waals surface area contributed by atoms with E-state index in [-0.39, 0.29) is 11.7 Å². The quantitative estimate of drug-likeness (QED) is 0.793. The highest BCUT2D eigenvalue weighted by Crippen LogP contribution is 2.29. The number of nitrogens with two attached hydrogens (primary N) is 1. The number of benzene rings is 2. The summed E-state index contributed by atoms with van der Waals surface area (Å²) in [5, 5.41) is 12.4. The second-order valence-electron chi connectivity index (χ2n) is 8.06. The van der Waals surface area contributed by atoms with Gasteiger partial charge in [0.05, 0.1) is 11.6 Å². The Kier molecular flexibility index (Phi) is 5.71. The van der Waals surface area contributed by atoms with Gasteiger partial charge in [-0.15, -0.1) is 0 Å². The number of carbonyl (C=O) groups excluding carboxylic acids is 1. The SMILES string of the molecule is N#C[C@H](Cc1ccc2c(c1)CN(c1ccc(F)cc1)C2)NC(=O)C1(N)CCOCC1. The number of nitrogens with zero attached hydrogens (tertiary/aromatic N) is 2. The van der Waals surface area contributed by atoms with E-state index in [9.17, 15) is 14.4 Å². The van der Waals surface area contributed by atoms with Crippen LogP contribution in [0.15, 0.2) is 42.5 Å². The Bertz CT molecular complexity index is 964. The van der Waals surface area contributed by atoms with Crippen molar-refractivity contribution in [3.63, 3.8) is 0 Å². The summed E-state index contributed by atoms with van der Waals surface area (Å²) in [6.07, 6.45) is 1.32. The van der Waals surface area contributed by atoms with Crippen molar-refractivity contribution in [2.75, 3.05) is 18.1 Å². The Balaban J connectivity index is 1.41. The van der Waals surface area contributed by atoms with Crippen molar-refractivity contribution in [3.05, 3.63) is 65.0 Å². The minimum Gasteiger partial charge on any atom is -0.381 e. The van der Waals surface area contributed by atoms with Gasteiger partial charge in [0.2, 0.25) is 5.91 Å². The first-order valence-electron chi connectivity index (χ1n) is 10.2. The van der Waals surface area contributed by atoms with E-state index in [0.29, 0.717) is 32.5 Å². The average molecular weight is 408 g/mol. The van der Waals surface area contributed by atoms with Crippen LogP contribution >= 0.6 is 0 Å². The van der Waals surface area contributed by atoms with Gasteiger partial charge in [0.1, 0.15) is 11.9 Å². The molecule has 0 aromatic heterocycles. The minimum atomic E-state index is -0.971. The number of carbonyl (C=O) groups is 1. The maximum absolute atomic E-state index is 13.2. The molecule has 30 heavy (non-hydrogen) atoms. The third-order valence-electron chi connectivity index (χ3n) is 5.92. The number of ether oxygens (including phenoxy) is 1. The van der Waals surface area contributed by atoms with Crippen molar-refractivity contribution in [1.29, 1.82) is 5.26 Å². The summed E-state index contributed by atoms with van der Waals surface area (Å²) < 4.78 is 18.5. The van der Waals surface area contributed by atoms with Crippen LogP contribution in [0.4, 0.5) is 10.1 Å². The van der Waals surface area contributed by atoms with Gasteiger partial charge in [0, 0.05) is 38.4 Å². The van der Waals surface area contributed by atoms with Crippen LogP contribution in [0.1, 0.15) is 29.5 Å². The number of hydrogen-bond acceptors (Lipinski definition) is 5. The first-order valence-corrected chi connectivity index (χ1v) is 10.2. The van der Waals surface area contributed by atoms with Crippen molar-refractivity contribution in [2.45, 2.75) is 43.9 Å². The molecule has 0 saturated carbocycles. The van der Waals surface area contributed by atoms with Gasteiger partial charge in [0.15, 0.2) is 0 Å². The molecule has 6 nitrogen and oxygen atoms in total. The molecule has 7 heteroatoms. The highest BCUT2D eigenvalue weighted by molar-refractivity contribution is 5.86. The number of halogens is 1. The summed E-state index contributed by atoms with van der Waals surface area (Å²) in [5.41, 5.74) is 9.60. The van der Waals surface area contributed by atoms with E-state index in [4.69, 9.17) is 10.5 Å². The number of nitriles is 1. The van der Waals surface area contributed by atoms with Crippen molar-refractivity contribution in [2.24, 2.45) is 5.73 Å². The number of amides is 1. The van der Waals surface area contributed by atoms with Crippen molar-refractivity contribution < 1.29 is 13.9 Å². The smallest absolute Gasteiger partial charge is 0.241 e. The third-order valence-corrected chi connectivity index (χ3v) is 5.92. The van der Waals surface area contributed by atoms with Gasteiger partial charge in [-0.3, -0.25) is 4.79 Å². The Morgan fingerprint density at radius 1 is 1.20 bits per heavy atom. The lowest BCUT2D eigenvalue weighted by Gasteiger charge is -2.32. The molecule has 0 bridgehead atoms. The van der Waals surface area contributed by atoms with E-state index >= 15 is 0 Å². The first kappa shape index (κ1) is 20.3. The summed E-state index contributed by atoms with van der Waals surface area (Å²) in [6, 6.07) is 14.2. The van der Waals surface area contributed by atoms with Gasteiger partial charge in [-0.05, 0) is 53.8 Å². The van der Waals surface area contributed by atoms with Crippen LogP contribution in [-0.2, 0) is 29.0 Å². The van der Waals surface area contributed by atoms with Crippen molar-refractivity contribution in [3.8, 4) is 6.07 Å². The summed E-state index contributed by atoms with van der Waals surface area (Å²) in [5.74, 6) is -0.539. The number of rotatable bonds is 5. The fraction of sp³-hybridized carbons (Fsp3) is 0.391. The Morgan fingerprint density at radius 2 is 1.90 bits per heavy atom. The van der Waals surface area contributed by atoms with Gasteiger partial charge in [-0.25, -0.2) is 4.39 Å². The zero-order chi connectivity index (χ0) is 21.1. The molecule has 0 radical (unpaired) electrons. The summed E-state index contributed by atoms with van der Waals surface area (Å²) in [6.45, 7) is 2.40. The van der Waals surface area contributed by atoms with E-state index < -0.39 is 11.6 Å². The Hall–Kier alpha value is -2.95. The fourth-order valence-corrected chi connectivity index (χ4v) is 4.04. The van der Waals surface area contributed by atoms with Crippen LogP contribution in [0.5, 0.6) is 0 Å². The lowest BCUT2D eigenvalue weighted by atomic mass is 9.90. The number of anilines is 1. The predicted molar refractivity (Wildman–Crippen MR) is 111 cm³/mol. The molecule has 2 aromatic rings. The summed E-state index contributed by atoms with van der Waals surface area (Å²) in [4.78, 5) is 14.8.